The fourth-order valence-corrected chi connectivity index (χ4v) is 5.43. The van der Waals surface area contributed by atoms with Crippen molar-refractivity contribution in [2.45, 2.75) is 70.5 Å². The van der Waals surface area contributed by atoms with Gasteiger partial charge in [0.2, 0.25) is 5.91 Å². The molecule has 3 aromatic rings. The maximum atomic E-state index is 14.1. The van der Waals surface area contributed by atoms with Crippen molar-refractivity contribution >= 4 is 22.7 Å². The molecule has 5 rings (SSSR count). The van der Waals surface area contributed by atoms with Crippen LogP contribution in [0.25, 0.3) is 16.6 Å². The normalized spacial score (nSPS) is 21.3. The number of hydrogen-bond acceptors (Lipinski definition) is 2. The highest BCUT2D eigenvalue weighted by Crippen LogP contribution is 2.38. The first-order valence-electron chi connectivity index (χ1n) is 11.9. The van der Waals surface area contributed by atoms with Crippen LogP contribution in [0.4, 0.5) is 0 Å². The molecule has 1 aromatic carbocycles. The second kappa shape index (κ2) is 8.15. The van der Waals surface area contributed by atoms with E-state index in [1.807, 2.05) is 53.0 Å². The number of hydrogen-bond donors (Lipinski definition) is 1. The van der Waals surface area contributed by atoms with Crippen LogP contribution in [0, 0.1) is 0 Å². The van der Waals surface area contributed by atoms with Crippen molar-refractivity contribution in [3.8, 4) is 5.69 Å². The van der Waals surface area contributed by atoms with Crippen LogP contribution in [-0.2, 0) is 11.3 Å². The maximum absolute atomic E-state index is 14.1. The van der Waals surface area contributed by atoms with E-state index < -0.39 is 5.54 Å². The largest absolute Gasteiger partial charge is 0.351 e. The number of nitrogens with one attached hydrogen (secondary N) is 1. The number of carbonyl (C=O) groups excluding carboxylic acids is 2. The van der Waals surface area contributed by atoms with Crippen LogP contribution < -0.4 is 5.32 Å². The van der Waals surface area contributed by atoms with Gasteiger partial charge in [-0.05, 0) is 44.4 Å². The van der Waals surface area contributed by atoms with Gasteiger partial charge >= 0.3 is 0 Å². The lowest BCUT2D eigenvalue weighted by molar-refractivity contribution is -0.133. The van der Waals surface area contributed by atoms with E-state index in [1.54, 1.807) is 0 Å². The molecule has 6 nitrogen and oxygen atoms in total. The maximum Gasteiger partial charge on any atom is 0.273 e. The molecule has 1 saturated carbocycles. The van der Waals surface area contributed by atoms with E-state index in [9.17, 15) is 9.59 Å². The Hall–Kier alpha value is -3.02. The SMILES string of the molecule is CCCCN1C(=O)c2c(-n3cccc3)c3ccccc3n2C[C@]1(C)C(=O)NC1CCCC1. The third kappa shape index (κ3) is 3.24. The highest BCUT2D eigenvalue weighted by atomic mass is 16.2. The van der Waals surface area contributed by atoms with Crippen molar-refractivity contribution in [3.63, 3.8) is 0 Å². The minimum atomic E-state index is -0.919. The van der Waals surface area contributed by atoms with Crippen LogP contribution >= 0.6 is 0 Å². The Morgan fingerprint density at radius 3 is 2.56 bits per heavy atom. The van der Waals surface area contributed by atoms with Gasteiger partial charge in [0.15, 0.2) is 0 Å². The van der Waals surface area contributed by atoms with Gasteiger partial charge in [-0.2, -0.15) is 0 Å². The first-order valence-corrected chi connectivity index (χ1v) is 11.9. The molecule has 2 aliphatic rings. The number of benzene rings is 1. The number of carbonyl (C=O) groups is 2. The standard InChI is InChI=1S/C26H32N4O2/c1-3-4-17-30-24(31)23-22(28-15-9-10-16-28)20-13-7-8-14-21(20)29(23)18-26(30,2)25(32)27-19-11-5-6-12-19/h7-10,13-16,19H,3-6,11-12,17-18H2,1-2H3,(H,27,32)/t26-/m1/s1. The van der Waals surface area contributed by atoms with E-state index in [2.05, 4.69) is 28.9 Å². The molecule has 1 aliphatic carbocycles. The van der Waals surface area contributed by atoms with Crippen molar-refractivity contribution in [2.24, 2.45) is 0 Å². The molecule has 3 heterocycles. The lowest BCUT2D eigenvalue weighted by atomic mass is 9.93. The van der Waals surface area contributed by atoms with Gasteiger partial charge in [-0.3, -0.25) is 9.59 Å². The molecule has 0 spiro atoms. The van der Waals surface area contributed by atoms with E-state index in [0.717, 1.165) is 55.1 Å². The van der Waals surface area contributed by atoms with Crippen LogP contribution in [0.2, 0.25) is 0 Å². The van der Waals surface area contributed by atoms with Crippen LogP contribution in [0.3, 0.4) is 0 Å². The second-order valence-corrected chi connectivity index (χ2v) is 9.43. The van der Waals surface area contributed by atoms with Gasteiger partial charge in [0, 0.05) is 30.4 Å². The Labute approximate surface area is 189 Å². The minimum absolute atomic E-state index is 0.0280. The number of nitrogens with zero attached hydrogens (tertiary/aromatic N) is 3. The van der Waals surface area contributed by atoms with Crippen molar-refractivity contribution in [1.82, 2.24) is 19.4 Å². The molecule has 0 unspecified atom stereocenters. The Bertz CT molecular complexity index is 1140. The van der Waals surface area contributed by atoms with E-state index >= 15 is 0 Å². The molecule has 1 fully saturated rings. The Morgan fingerprint density at radius 2 is 1.84 bits per heavy atom. The molecule has 168 valence electrons. The number of fused-ring (bicyclic) bond motifs is 3. The second-order valence-electron chi connectivity index (χ2n) is 9.43. The lowest BCUT2D eigenvalue weighted by Crippen LogP contribution is -2.65. The zero-order chi connectivity index (χ0) is 22.3. The van der Waals surface area contributed by atoms with E-state index in [4.69, 9.17) is 0 Å². The molecule has 0 bridgehead atoms. The van der Waals surface area contributed by atoms with Crippen LogP contribution in [0.1, 0.15) is 62.9 Å². The lowest BCUT2D eigenvalue weighted by Gasteiger charge is -2.44. The third-order valence-corrected chi connectivity index (χ3v) is 7.23. The molecule has 1 atom stereocenters. The van der Waals surface area contributed by atoms with E-state index in [1.165, 1.54) is 0 Å². The zero-order valence-electron chi connectivity index (χ0n) is 19.0. The van der Waals surface area contributed by atoms with E-state index in [0.29, 0.717) is 18.8 Å². The molecule has 1 aliphatic heterocycles. The quantitative estimate of drug-likeness (QED) is 0.623. The number of para-hydroxylation sites is 1. The van der Waals surface area contributed by atoms with Gasteiger partial charge in [-0.25, -0.2) is 0 Å². The van der Waals surface area contributed by atoms with Gasteiger partial charge in [0.1, 0.15) is 11.2 Å². The Kier molecular flexibility index (Phi) is 5.31. The van der Waals surface area contributed by atoms with Gasteiger partial charge in [0.05, 0.1) is 17.7 Å². The number of rotatable bonds is 6. The van der Waals surface area contributed by atoms with Gasteiger partial charge in [-0.15, -0.1) is 0 Å². The van der Waals surface area contributed by atoms with Crippen molar-refractivity contribution in [2.75, 3.05) is 6.54 Å². The summed E-state index contributed by atoms with van der Waals surface area (Å²) in [6.07, 6.45) is 10.2. The average Bonchev–Trinajstić information content (AvgIpc) is 3.54. The number of aromatic nitrogens is 2. The predicted octanol–water partition coefficient (Wildman–Crippen LogP) is 4.51. The molecule has 1 N–H and O–H groups in total. The Balaban J connectivity index is 1.65. The molecule has 2 amide bonds. The number of unbranched alkanes of at least 4 members (excludes halogenated alkanes) is 1. The molecular weight excluding hydrogens is 400 g/mol. The zero-order valence-corrected chi connectivity index (χ0v) is 19.0. The summed E-state index contributed by atoms with van der Waals surface area (Å²) in [4.78, 5) is 29.6. The minimum Gasteiger partial charge on any atom is -0.351 e. The summed E-state index contributed by atoms with van der Waals surface area (Å²) in [5, 5.41) is 4.31. The molecule has 0 saturated heterocycles. The third-order valence-electron chi connectivity index (χ3n) is 7.23. The van der Waals surface area contributed by atoms with Crippen molar-refractivity contribution in [3.05, 3.63) is 54.5 Å². The molecule has 6 heteroatoms. The molecule has 32 heavy (non-hydrogen) atoms. The summed E-state index contributed by atoms with van der Waals surface area (Å²) in [5.41, 5.74) is 1.65. The fraction of sp³-hybridized carbons (Fsp3) is 0.462. The van der Waals surface area contributed by atoms with Crippen LogP contribution in [-0.4, -0.2) is 44.0 Å². The Morgan fingerprint density at radius 1 is 1.12 bits per heavy atom. The first-order chi connectivity index (χ1) is 15.5. The summed E-state index contributed by atoms with van der Waals surface area (Å²) in [7, 11) is 0. The molecule has 0 radical (unpaired) electrons. The van der Waals surface area contributed by atoms with Crippen LogP contribution in [0.5, 0.6) is 0 Å². The summed E-state index contributed by atoms with van der Waals surface area (Å²) in [6, 6.07) is 12.3. The van der Waals surface area contributed by atoms with Crippen molar-refractivity contribution in [1.29, 1.82) is 0 Å². The van der Waals surface area contributed by atoms with E-state index in [-0.39, 0.29) is 17.9 Å². The van der Waals surface area contributed by atoms with Gasteiger partial charge in [-0.1, -0.05) is 44.4 Å². The summed E-state index contributed by atoms with van der Waals surface area (Å²) >= 11 is 0. The summed E-state index contributed by atoms with van der Waals surface area (Å²) in [5.74, 6) is -0.0894. The van der Waals surface area contributed by atoms with Gasteiger partial charge in [0.25, 0.3) is 5.91 Å². The average molecular weight is 433 g/mol. The highest BCUT2D eigenvalue weighted by Gasteiger charge is 2.49. The monoisotopic (exact) mass is 432 g/mol. The molecular formula is C26H32N4O2. The van der Waals surface area contributed by atoms with Crippen molar-refractivity contribution < 1.29 is 9.59 Å². The first kappa shape index (κ1) is 20.9. The van der Waals surface area contributed by atoms with Crippen LogP contribution in [0.15, 0.2) is 48.8 Å². The highest BCUT2D eigenvalue weighted by molar-refractivity contribution is 6.08. The fourth-order valence-electron chi connectivity index (χ4n) is 5.43. The summed E-state index contributed by atoms with van der Waals surface area (Å²) < 4.78 is 4.09. The number of amides is 2. The summed E-state index contributed by atoms with van der Waals surface area (Å²) in [6.45, 7) is 5.10. The topological polar surface area (TPSA) is 59.3 Å². The molecule has 2 aromatic heterocycles. The predicted molar refractivity (Wildman–Crippen MR) is 126 cm³/mol. The smallest absolute Gasteiger partial charge is 0.273 e. The van der Waals surface area contributed by atoms with Gasteiger partial charge < -0.3 is 19.4 Å².